The lowest BCUT2D eigenvalue weighted by atomic mass is 10.0. The van der Waals surface area contributed by atoms with Crippen molar-refractivity contribution in [1.82, 2.24) is 19.6 Å². The number of thioether (sulfide) groups is 1. The van der Waals surface area contributed by atoms with Gasteiger partial charge in [-0.05, 0) is 55.2 Å². The van der Waals surface area contributed by atoms with Crippen LogP contribution in [0.25, 0.3) is 5.78 Å². The molecular formula is C24H25N5OS. The average molecular weight is 432 g/mol. The minimum Gasteiger partial charge on any atom is -0.322 e. The molecule has 1 N–H and O–H groups in total. The molecule has 0 unspecified atom stereocenters. The lowest BCUT2D eigenvalue weighted by Crippen LogP contribution is -2.14. The summed E-state index contributed by atoms with van der Waals surface area (Å²) in [6.07, 6.45) is 0. The molecule has 0 saturated carbocycles. The number of benzene rings is 2. The van der Waals surface area contributed by atoms with E-state index in [0.29, 0.717) is 28.2 Å². The third-order valence-corrected chi connectivity index (χ3v) is 5.92. The van der Waals surface area contributed by atoms with Crippen molar-refractivity contribution in [2.45, 2.75) is 44.5 Å². The summed E-state index contributed by atoms with van der Waals surface area (Å²) in [5.41, 5.74) is 5.49. The standard InChI is InChI=1S/C24H25N5OS/c1-15(2)18-9-7-10-20(13-18)26-22(30)21-11-6-5-8-19(21)14-31-24-27-23-25-16(3)12-17(4)29(23)28-24/h5-13,15H,14H2,1-4H3,(H,26,30). The van der Waals surface area contributed by atoms with Crippen LogP contribution in [0.1, 0.15) is 52.6 Å². The van der Waals surface area contributed by atoms with E-state index in [1.165, 1.54) is 17.3 Å². The molecule has 2 heterocycles. The van der Waals surface area contributed by atoms with E-state index in [4.69, 9.17) is 0 Å². The van der Waals surface area contributed by atoms with Crippen molar-refractivity contribution < 1.29 is 4.79 Å². The third-order valence-electron chi connectivity index (χ3n) is 5.03. The maximum atomic E-state index is 13.0. The highest BCUT2D eigenvalue weighted by Gasteiger charge is 2.14. The van der Waals surface area contributed by atoms with Crippen LogP contribution in [0.4, 0.5) is 5.69 Å². The molecule has 31 heavy (non-hydrogen) atoms. The number of amides is 1. The molecule has 0 aliphatic carbocycles. The van der Waals surface area contributed by atoms with Gasteiger partial charge in [0.1, 0.15) is 0 Å². The Kier molecular flexibility index (Phi) is 6.04. The van der Waals surface area contributed by atoms with E-state index < -0.39 is 0 Å². The highest BCUT2D eigenvalue weighted by atomic mass is 32.2. The molecule has 6 nitrogen and oxygen atoms in total. The minimum atomic E-state index is -0.117. The first-order chi connectivity index (χ1) is 14.9. The second-order valence-electron chi connectivity index (χ2n) is 7.83. The van der Waals surface area contributed by atoms with Gasteiger partial charge in [-0.1, -0.05) is 55.9 Å². The van der Waals surface area contributed by atoms with Crippen LogP contribution >= 0.6 is 11.8 Å². The van der Waals surface area contributed by atoms with Crippen molar-refractivity contribution >= 4 is 29.1 Å². The van der Waals surface area contributed by atoms with Crippen molar-refractivity contribution in [2.75, 3.05) is 5.32 Å². The van der Waals surface area contributed by atoms with Crippen LogP contribution in [0.15, 0.2) is 59.8 Å². The SMILES string of the molecule is Cc1cc(C)n2nc(SCc3ccccc3C(=O)Nc3cccc(C(C)C)c3)nc2n1. The summed E-state index contributed by atoms with van der Waals surface area (Å²) < 4.78 is 1.75. The van der Waals surface area contributed by atoms with Gasteiger partial charge >= 0.3 is 0 Å². The number of nitrogens with one attached hydrogen (secondary N) is 1. The van der Waals surface area contributed by atoms with Gasteiger partial charge in [-0.15, -0.1) is 5.10 Å². The topological polar surface area (TPSA) is 72.2 Å². The lowest BCUT2D eigenvalue weighted by molar-refractivity contribution is 0.102. The molecule has 0 aliphatic rings. The molecule has 0 aliphatic heterocycles. The first-order valence-corrected chi connectivity index (χ1v) is 11.2. The van der Waals surface area contributed by atoms with E-state index in [2.05, 4.69) is 40.3 Å². The van der Waals surface area contributed by atoms with Gasteiger partial charge in [-0.3, -0.25) is 4.79 Å². The van der Waals surface area contributed by atoms with Gasteiger partial charge in [-0.25, -0.2) is 9.50 Å². The molecule has 0 radical (unpaired) electrons. The highest BCUT2D eigenvalue weighted by Crippen LogP contribution is 2.24. The third kappa shape index (κ3) is 4.77. The molecular weight excluding hydrogens is 406 g/mol. The number of fused-ring (bicyclic) bond motifs is 1. The van der Waals surface area contributed by atoms with Gasteiger partial charge in [0.25, 0.3) is 11.7 Å². The first kappa shape index (κ1) is 21.1. The highest BCUT2D eigenvalue weighted by molar-refractivity contribution is 7.98. The fraction of sp³-hybridized carbons (Fsp3) is 0.250. The fourth-order valence-corrected chi connectivity index (χ4v) is 4.21. The summed E-state index contributed by atoms with van der Waals surface area (Å²) in [7, 11) is 0. The van der Waals surface area contributed by atoms with Crippen LogP contribution < -0.4 is 5.32 Å². The molecule has 0 atom stereocenters. The van der Waals surface area contributed by atoms with Gasteiger partial charge in [0, 0.05) is 28.4 Å². The smallest absolute Gasteiger partial charge is 0.255 e. The molecule has 0 fully saturated rings. The average Bonchev–Trinajstić information content (AvgIpc) is 3.16. The zero-order valence-corrected chi connectivity index (χ0v) is 18.9. The van der Waals surface area contributed by atoms with Crippen molar-refractivity contribution in [1.29, 1.82) is 0 Å². The van der Waals surface area contributed by atoms with Gasteiger partial charge in [0.05, 0.1) is 0 Å². The van der Waals surface area contributed by atoms with Gasteiger partial charge in [-0.2, -0.15) is 4.98 Å². The second kappa shape index (κ2) is 8.89. The molecule has 0 saturated heterocycles. The summed E-state index contributed by atoms with van der Waals surface area (Å²) in [4.78, 5) is 21.9. The summed E-state index contributed by atoms with van der Waals surface area (Å²) >= 11 is 1.49. The number of carbonyl (C=O) groups is 1. The van der Waals surface area contributed by atoms with E-state index in [1.807, 2.05) is 62.4 Å². The van der Waals surface area contributed by atoms with Crippen LogP contribution in [0, 0.1) is 13.8 Å². The molecule has 4 aromatic rings. The maximum absolute atomic E-state index is 13.0. The Morgan fingerprint density at radius 1 is 1.06 bits per heavy atom. The summed E-state index contributed by atoms with van der Waals surface area (Å²) in [6, 6.07) is 17.6. The summed E-state index contributed by atoms with van der Waals surface area (Å²) in [6.45, 7) is 8.21. The number of rotatable bonds is 6. The zero-order chi connectivity index (χ0) is 22.0. The van der Waals surface area contributed by atoms with E-state index in [0.717, 1.165) is 22.6 Å². The number of hydrogen-bond acceptors (Lipinski definition) is 5. The Bertz CT molecular complexity index is 1250. The van der Waals surface area contributed by atoms with E-state index >= 15 is 0 Å². The number of aryl methyl sites for hydroxylation is 2. The summed E-state index contributed by atoms with van der Waals surface area (Å²) in [5, 5.41) is 8.22. The fourth-order valence-electron chi connectivity index (χ4n) is 3.39. The van der Waals surface area contributed by atoms with Gasteiger partial charge < -0.3 is 5.32 Å². The van der Waals surface area contributed by atoms with E-state index in [1.54, 1.807) is 4.52 Å². The second-order valence-corrected chi connectivity index (χ2v) is 8.77. The monoisotopic (exact) mass is 431 g/mol. The molecule has 2 aromatic carbocycles. The number of nitrogens with zero attached hydrogens (tertiary/aromatic N) is 4. The summed E-state index contributed by atoms with van der Waals surface area (Å²) in [5.74, 6) is 1.47. The van der Waals surface area contributed by atoms with Gasteiger partial charge in [0.2, 0.25) is 5.16 Å². The number of anilines is 1. The Labute approximate surface area is 186 Å². The number of carbonyl (C=O) groups excluding carboxylic acids is 1. The normalized spacial score (nSPS) is 11.3. The molecule has 4 rings (SSSR count). The van der Waals surface area contributed by atoms with Gasteiger partial charge in [0.15, 0.2) is 0 Å². The predicted octanol–water partition coefficient (Wildman–Crippen LogP) is 5.41. The van der Waals surface area contributed by atoms with Crippen LogP contribution in [0.5, 0.6) is 0 Å². The molecule has 7 heteroatoms. The Morgan fingerprint density at radius 2 is 1.87 bits per heavy atom. The van der Waals surface area contributed by atoms with Crippen molar-refractivity contribution in [3.63, 3.8) is 0 Å². The maximum Gasteiger partial charge on any atom is 0.255 e. The molecule has 2 aromatic heterocycles. The van der Waals surface area contributed by atoms with Crippen molar-refractivity contribution in [3.8, 4) is 0 Å². The van der Waals surface area contributed by atoms with E-state index in [-0.39, 0.29) is 5.91 Å². The largest absolute Gasteiger partial charge is 0.322 e. The van der Waals surface area contributed by atoms with Crippen LogP contribution in [0.3, 0.4) is 0 Å². The molecule has 0 bridgehead atoms. The zero-order valence-electron chi connectivity index (χ0n) is 18.1. The van der Waals surface area contributed by atoms with Crippen LogP contribution in [0.2, 0.25) is 0 Å². The number of hydrogen-bond donors (Lipinski definition) is 1. The quantitative estimate of drug-likeness (QED) is 0.413. The van der Waals surface area contributed by atoms with E-state index in [9.17, 15) is 4.79 Å². The molecule has 158 valence electrons. The Balaban J connectivity index is 1.51. The van der Waals surface area contributed by atoms with Crippen molar-refractivity contribution in [3.05, 3.63) is 82.7 Å². The predicted molar refractivity (Wildman–Crippen MR) is 125 cm³/mol. The first-order valence-electron chi connectivity index (χ1n) is 10.2. The minimum absolute atomic E-state index is 0.117. The molecule has 1 amide bonds. The Morgan fingerprint density at radius 3 is 2.68 bits per heavy atom. The van der Waals surface area contributed by atoms with Crippen molar-refractivity contribution in [2.24, 2.45) is 0 Å². The van der Waals surface area contributed by atoms with Crippen LogP contribution in [-0.2, 0) is 5.75 Å². The number of aromatic nitrogens is 4. The lowest BCUT2D eigenvalue weighted by Gasteiger charge is -2.11. The molecule has 0 spiro atoms. The van der Waals surface area contributed by atoms with Crippen LogP contribution in [-0.4, -0.2) is 25.5 Å². The Hall–Kier alpha value is -3.19.